The van der Waals surface area contributed by atoms with Gasteiger partial charge in [-0.3, -0.25) is 19.2 Å². The summed E-state index contributed by atoms with van der Waals surface area (Å²) in [7, 11) is 1.74. The van der Waals surface area contributed by atoms with Crippen LogP contribution in [0.15, 0.2) is 0 Å². The van der Waals surface area contributed by atoms with Gasteiger partial charge in [-0.15, -0.1) is 0 Å². The minimum Gasteiger partial charge on any atom is -0.370 e. The Morgan fingerprint density at radius 1 is 0.722 bits per heavy atom. The molecule has 0 fully saturated rings. The molecular formula is C8H14N4O4S2. The first-order valence-corrected chi connectivity index (χ1v) is 6.99. The van der Waals surface area contributed by atoms with E-state index in [2.05, 4.69) is 0 Å². The minimum atomic E-state index is -0.887. The number of carbonyl (C=O) groups is 4. The highest BCUT2D eigenvalue weighted by Gasteiger charge is 2.25. The van der Waals surface area contributed by atoms with E-state index in [0.29, 0.717) is 0 Å². The van der Waals surface area contributed by atoms with Crippen LogP contribution in [0.25, 0.3) is 0 Å². The van der Waals surface area contributed by atoms with Crippen molar-refractivity contribution in [2.75, 3.05) is 0 Å². The molecule has 0 aliphatic heterocycles. The van der Waals surface area contributed by atoms with E-state index >= 15 is 0 Å². The zero-order valence-corrected chi connectivity index (χ0v) is 11.0. The largest absolute Gasteiger partial charge is 0.370 e. The first kappa shape index (κ1) is 16.6. The van der Waals surface area contributed by atoms with Crippen LogP contribution >= 0.6 is 21.6 Å². The van der Waals surface area contributed by atoms with E-state index < -0.39 is 34.1 Å². The summed E-state index contributed by atoms with van der Waals surface area (Å²) in [5, 5.41) is -1.77. The first-order valence-electron chi connectivity index (χ1n) is 4.71. The lowest BCUT2D eigenvalue weighted by molar-refractivity contribution is -0.122. The standard InChI is InChI=1S/C8H14N4O4S2/c9-5(13)1-3(7(11)15)17-18-4(8(12)16)2-6(10)14/h3-4H,1-2H2,(H2,9,13)(H2,10,14)(H2,11,15)(H2,12,16). The molecule has 0 rings (SSSR count). The second-order valence-corrected chi connectivity index (χ2v) is 5.99. The fourth-order valence-corrected chi connectivity index (χ4v) is 3.57. The van der Waals surface area contributed by atoms with E-state index in [1.165, 1.54) is 0 Å². The van der Waals surface area contributed by atoms with Crippen molar-refractivity contribution in [1.29, 1.82) is 0 Å². The van der Waals surface area contributed by atoms with Crippen LogP contribution in [0.4, 0.5) is 0 Å². The molecule has 2 atom stereocenters. The molecule has 0 bridgehead atoms. The third kappa shape index (κ3) is 7.01. The summed E-state index contributed by atoms with van der Waals surface area (Å²) in [6.07, 6.45) is -0.510. The Balaban J connectivity index is 4.45. The van der Waals surface area contributed by atoms with Gasteiger partial charge < -0.3 is 22.9 Å². The van der Waals surface area contributed by atoms with Crippen molar-refractivity contribution in [3.8, 4) is 0 Å². The van der Waals surface area contributed by atoms with Crippen LogP contribution in [-0.4, -0.2) is 34.1 Å². The summed E-state index contributed by atoms with van der Waals surface area (Å²) in [6.45, 7) is 0. The Hall–Kier alpha value is -1.42. The highest BCUT2D eigenvalue weighted by Crippen LogP contribution is 2.33. The number of hydrogen-bond donors (Lipinski definition) is 4. The number of hydrogen-bond acceptors (Lipinski definition) is 6. The summed E-state index contributed by atoms with van der Waals surface area (Å²) < 4.78 is 0. The summed E-state index contributed by atoms with van der Waals surface area (Å²) in [5.74, 6) is -2.88. The molecule has 0 heterocycles. The molecule has 0 spiro atoms. The van der Waals surface area contributed by atoms with E-state index in [9.17, 15) is 19.2 Å². The Labute approximate surface area is 111 Å². The normalized spacial score (nSPS) is 13.6. The van der Waals surface area contributed by atoms with Gasteiger partial charge in [0.05, 0.1) is 0 Å². The summed E-state index contributed by atoms with van der Waals surface area (Å²) in [5.41, 5.74) is 20.0. The fourth-order valence-electron chi connectivity index (χ4n) is 0.864. The third-order valence-corrected chi connectivity index (χ3v) is 4.80. The quantitative estimate of drug-likeness (QED) is 0.352. The van der Waals surface area contributed by atoms with Crippen LogP contribution in [0.2, 0.25) is 0 Å². The smallest absolute Gasteiger partial charge is 0.231 e. The fraction of sp³-hybridized carbons (Fsp3) is 0.500. The number of carbonyl (C=O) groups excluding carboxylic acids is 4. The molecule has 0 aliphatic carbocycles. The summed E-state index contributed by atoms with van der Waals surface area (Å²) in [4.78, 5) is 43.4. The average Bonchev–Trinajstić information content (AvgIpc) is 2.20. The Kier molecular flexibility index (Phi) is 7.20. The lowest BCUT2D eigenvalue weighted by Crippen LogP contribution is -2.32. The predicted octanol–water partition coefficient (Wildman–Crippen LogP) is -2.17. The second kappa shape index (κ2) is 7.82. The van der Waals surface area contributed by atoms with Crippen LogP contribution in [0, 0.1) is 0 Å². The van der Waals surface area contributed by atoms with E-state index in [0.717, 1.165) is 21.6 Å². The van der Waals surface area contributed by atoms with Crippen molar-refractivity contribution in [2.45, 2.75) is 23.3 Å². The van der Waals surface area contributed by atoms with Gasteiger partial charge in [-0.2, -0.15) is 0 Å². The molecule has 4 amide bonds. The van der Waals surface area contributed by atoms with Gasteiger partial charge in [-0.25, -0.2) is 0 Å². The Morgan fingerprint density at radius 2 is 1.00 bits per heavy atom. The molecule has 0 saturated carbocycles. The number of amides is 4. The zero-order chi connectivity index (χ0) is 14.3. The maximum absolute atomic E-state index is 11.0. The van der Waals surface area contributed by atoms with Crippen molar-refractivity contribution in [1.82, 2.24) is 0 Å². The molecule has 102 valence electrons. The van der Waals surface area contributed by atoms with Crippen molar-refractivity contribution in [3.05, 3.63) is 0 Å². The maximum atomic E-state index is 11.0. The summed E-state index contributed by atoms with van der Waals surface area (Å²) in [6, 6.07) is 0. The van der Waals surface area contributed by atoms with E-state index in [1.807, 2.05) is 0 Å². The predicted molar refractivity (Wildman–Crippen MR) is 68.8 cm³/mol. The number of primary amides is 4. The molecule has 0 aromatic rings. The SMILES string of the molecule is NC(=O)CC(SSC(CC(N)=O)C(N)=O)C(N)=O. The van der Waals surface area contributed by atoms with Crippen LogP contribution in [0.5, 0.6) is 0 Å². The van der Waals surface area contributed by atoms with Crippen molar-refractivity contribution in [2.24, 2.45) is 22.9 Å². The highest BCUT2D eigenvalue weighted by atomic mass is 33.1. The van der Waals surface area contributed by atoms with Gasteiger partial charge >= 0.3 is 0 Å². The molecule has 10 heteroatoms. The molecule has 2 unspecified atom stereocenters. The van der Waals surface area contributed by atoms with Gasteiger partial charge in [-0.1, -0.05) is 21.6 Å². The third-order valence-electron chi connectivity index (χ3n) is 1.70. The monoisotopic (exact) mass is 294 g/mol. The van der Waals surface area contributed by atoms with E-state index in [1.54, 1.807) is 0 Å². The molecule has 0 saturated heterocycles. The minimum absolute atomic E-state index is 0.255. The zero-order valence-electron chi connectivity index (χ0n) is 9.33. The molecule has 0 aromatic carbocycles. The molecule has 0 aliphatic rings. The van der Waals surface area contributed by atoms with E-state index in [-0.39, 0.29) is 12.8 Å². The van der Waals surface area contributed by atoms with Crippen molar-refractivity contribution < 1.29 is 19.2 Å². The van der Waals surface area contributed by atoms with Crippen molar-refractivity contribution in [3.63, 3.8) is 0 Å². The van der Waals surface area contributed by atoms with Gasteiger partial charge in [0.1, 0.15) is 10.5 Å². The van der Waals surface area contributed by atoms with Gasteiger partial charge in [0.2, 0.25) is 23.6 Å². The Bertz CT molecular complexity index is 329. The van der Waals surface area contributed by atoms with Crippen LogP contribution < -0.4 is 22.9 Å². The van der Waals surface area contributed by atoms with Gasteiger partial charge in [0, 0.05) is 12.8 Å². The Morgan fingerprint density at radius 3 is 1.17 bits per heavy atom. The maximum Gasteiger partial charge on any atom is 0.231 e. The summed E-state index contributed by atoms with van der Waals surface area (Å²) >= 11 is 0. The first-order chi connectivity index (χ1) is 8.23. The van der Waals surface area contributed by atoms with Crippen LogP contribution in [0.3, 0.4) is 0 Å². The molecule has 18 heavy (non-hydrogen) atoms. The molecule has 8 N–H and O–H groups in total. The average molecular weight is 294 g/mol. The number of nitrogens with two attached hydrogens (primary N) is 4. The highest BCUT2D eigenvalue weighted by molar-refractivity contribution is 8.77. The van der Waals surface area contributed by atoms with Crippen LogP contribution in [-0.2, 0) is 19.2 Å². The molecule has 0 aromatic heterocycles. The molecule has 8 nitrogen and oxygen atoms in total. The van der Waals surface area contributed by atoms with Gasteiger partial charge in [-0.05, 0) is 0 Å². The lowest BCUT2D eigenvalue weighted by atomic mass is 10.3. The van der Waals surface area contributed by atoms with Gasteiger partial charge in [0.15, 0.2) is 0 Å². The second-order valence-electron chi connectivity index (χ2n) is 3.32. The van der Waals surface area contributed by atoms with E-state index in [4.69, 9.17) is 22.9 Å². The van der Waals surface area contributed by atoms with Crippen molar-refractivity contribution >= 4 is 45.2 Å². The molecule has 0 radical (unpaired) electrons. The molecular weight excluding hydrogens is 280 g/mol. The lowest BCUT2D eigenvalue weighted by Gasteiger charge is -2.14. The number of rotatable bonds is 9. The van der Waals surface area contributed by atoms with Gasteiger partial charge in [0.25, 0.3) is 0 Å². The van der Waals surface area contributed by atoms with Crippen LogP contribution in [0.1, 0.15) is 12.8 Å². The topological polar surface area (TPSA) is 172 Å².